The van der Waals surface area contributed by atoms with Gasteiger partial charge in [0.1, 0.15) is 5.01 Å². The number of aromatic nitrogens is 3. The van der Waals surface area contributed by atoms with Crippen LogP contribution in [-0.4, -0.2) is 14.5 Å². The van der Waals surface area contributed by atoms with Crippen LogP contribution in [0, 0.1) is 0 Å². The van der Waals surface area contributed by atoms with Gasteiger partial charge in [0.25, 0.3) is 0 Å². The number of nitrogens with zero attached hydrogens (tertiary/aromatic N) is 3. The van der Waals surface area contributed by atoms with Gasteiger partial charge in [0.05, 0.1) is 26.9 Å². The Balaban J connectivity index is 1.25. The molecule has 0 bridgehead atoms. The fourth-order valence-corrected chi connectivity index (χ4v) is 8.37. The van der Waals surface area contributed by atoms with Gasteiger partial charge in [-0.3, -0.25) is 4.98 Å². The zero-order valence-electron chi connectivity index (χ0n) is 23.3. The van der Waals surface area contributed by atoms with E-state index in [1.54, 1.807) is 34.0 Å². The summed E-state index contributed by atoms with van der Waals surface area (Å²) in [5.74, 6) is 0. The van der Waals surface area contributed by atoms with Gasteiger partial charge >= 0.3 is 0 Å². The molecule has 4 aromatic carbocycles. The monoisotopic (exact) mass is 617 g/mol. The van der Waals surface area contributed by atoms with Crippen molar-refractivity contribution in [2.24, 2.45) is 0 Å². The molecule has 44 heavy (non-hydrogen) atoms. The van der Waals surface area contributed by atoms with Gasteiger partial charge in [-0.15, -0.1) is 11.3 Å². The second-order valence-corrected chi connectivity index (χ2v) is 13.4. The Kier molecular flexibility index (Phi) is 6.04. The number of benzene rings is 4. The number of fused-ring (bicyclic) bond motifs is 4. The Hall–Kier alpha value is -4.88. The van der Waals surface area contributed by atoms with Gasteiger partial charge in [0.2, 0.25) is 0 Å². The van der Waals surface area contributed by atoms with Crippen molar-refractivity contribution in [2.45, 2.75) is 0 Å². The van der Waals surface area contributed by atoms with Crippen LogP contribution in [-0.2, 0) is 0 Å². The summed E-state index contributed by atoms with van der Waals surface area (Å²) in [5.41, 5.74) is 12.6. The smallest absolute Gasteiger partial charge is 0.124 e. The highest BCUT2D eigenvalue weighted by Gasteiger charge is 2.17. The lowest BCUT2D eigenvalue weighted by Crippen LogP contribution is -1.95. The molecule has 208 valence electrons. The Morgan fingerprint density at radius 3 is 2.16 bits per heavy atom. The molecule has 0 saturated heterocycles. The zero-order chi connectivity index (χ0) is 29.0. The van der Waals surface area contributed by atoms with Gasteiger partial charge in [-0.25, -0.2) is 4.98 Å². The quantitative estimate of drug-likeness (QED) is 0.192. The van der Waals surface area contributed by atoms with E-state index in [0.29, 0.717) is 0 Å². The molecule has 0 radical (unpaired) electrons. The van der Waals surface area contributed by atoms with Crippen LogP contribution in [0.2, 0.25) is 0 Å². The lowest BCUT2D eigenvalue weighted by Gasteiger charge is -2.11. The summed E-state index contributed by atoms with van der Waals surface area (Å²) >= 11 is 5.21. The van der Waals surface area contributed by atoms with E-state index < -0.39 is 0 Å². The molecular formula is C38H23N3S3. The summed E-state index contributed by atoms with van der Waals surface area (Å²) < 4.78 is 3.59. The molecule has 0 amide bonds. The van der Waals surface area contributed by atoms with Crippen molar-refractivity contribution < 1.29 is 0 Å². The Bertz CT molecular complexity index is 2430. The standard InChI is InChI=1S/C38H23N3S3/c1-2-15-39-33(6-1)26-4-3-5-30(18-26)41-35-12-9-24(28-13-16-42-22-28)19-32(35)31-10-7-27(20-36(31)41)38-40-34-11-8-25(21-37(34)44-38)29-14-17-43-23-29/h1-23H. The van der Waals surface area contributed by atoms with Crippen LogP contribution in [0.5, 0.6) is 0 Å². The van der Waals surface area contributed by atoms with Crippen LogP contribution in [0.15, 0.2) is 137 Å². The van der Waals surface area contributed by atoms with Gasteiger partial charge in [0.15, 0.2) is 0 Å². The largest absolute Gasteiger partial charge is 0.309 e. The van der Waals surface area contributed by atoms with Crippen LogP contribution in [0.1, 0.15) is 0 Å². The first-order valence-electron chi connectivity index (χ1n) is 14.3. The third-order valence-electron chi connectivity index (χ3n) is 8.18. The Morgan fingerprint density at radius 2 is 1.36 bits per heavy atom. The van der Waals surface area contributed by atoms with E-state index in [9.17, 15) is 0 Å². The van der Waals surface area contributed by atoms with Crippen LogP contribution >= 0.6 is 34.0 Å². The maximum absolute atomic E-state index is 5.07. The average molecular weight is 618 g/mol. The van der Waals surface area contributed by atoms with E-state index in [0.717, 1.165) is 38.5 Å². The molecule has 9 aromatic rings. The minimum absolute atomic E-state index is 0.965. The van der Waals surface area contributed by atoms with Gasteiger partial charge in [-0.05, 0) is 111 Å². The summed E-state index contributed by atoms with van der Waals surface area (Å²) in [6.45, 7) is 0. The van der Waals surface area contributed by atoms with Gasteiger partial charge < -0.3 is 4.57 Å². The molecule has 0 atom stereocenters. The van der Waals surface area contributed by atoms with E-state index in [4.69, 9.17) is 4.98 Å². The molecule has 5 heterocycles. The maximum atomic E-state index is 5.07. The minimum Gasteiger partial charge on any atom is -0.309 e. The Labute approximate surface area is 266 Å². The molecule has 0 N–H and O–H groups in total. The molecule has 0 aliphatic rings. The van der Waals surface area contributed by atoms with Crippen molar-refractivity contribution in [3.8, 4) is 49.8 Å². The van der Waals surface area contributed by atoms with Crippen LogP contribution < -0.4 is 0 Å². The van der Waals surface area contributed by atoms with E-state index in [2.05, 4.69) is 128 Å². The molecule has 9 rings (SSSR count). The number of thiophene rings is 2. The molecule has 6 heteroatoms. The SMILES string of the molecule is c1ccc(-c2cccc(-n3c4ccc(-c5ccsc5)cc4c4ccc(-c5nc6ccc(-c7ccsc7)cc6s5)cc43)c2)nc1. The molecule has 3 nitrogen and oxygen atoms in total. The molecular weight excluding hydrogens is 595 g/mol. The highest BCUT2D eigenvalue weighted by atomic mass is 32.1. The summed E-state index contributed by atoms with van der Waals surface area (Å²) in [5, 5.41) is 12.2. The lowest BCUT2D eigenvalue weighted by molar-refractivity contribution is 1.18. The van der Waals surface area contributed by atoms with Crippen molar-refractivity contribution in [1.29, 1.82) is 0 Å². The van der Waals surface area contributed by atoms with Gasteiger partial charge in [-0.1, -0.05) is 42.5 Å². The zero-order valence-corrected chi connectivity index (χ0v) is 25.8. The summed E-state index contributed by atoms with van der Waals surface area (Å²) in [4.78, 5) is 9.69. The van der Waals surface area contributed by atoms with E-state index >= 15 is 0 Å². The van der Waals surface area contributed by atoms with Crippen molar-refractivity contribution >= 4 is 66.0 Å². The predicted molar refractivity (Wildman–Crippen MR) is 189 cm³/mol. The summed E-state index contributed by atoms with van der Waals surface area (Å²) in [7, 11) is 0. The molecule has 0 aliphatic heterocycles. The van der Waals surface area contributed by atoms with Crippen LogP contribution in [0.3, 0.4) is 0 Å². The normalized spacial score (nSPS) is 11.6. The minimum atomic E-state index is 0.965. The van der Waals surface area contributed by atoms with Gasteiger partial charge in [0, 0.05) is 33.8 Å². The molecule has 0 aliphatic carbocycles. The second-order valence-electron chi connectivity index (χ2n) is 10.8. The number of rotatable bonds is 5. The van der Waals surface area contributed by atoms with Crippen molar-refractivity contribution in [1.82, 2.24) is 14.5 Å². The fraction of sp³-hybridized carbons (Fsp3) is 0. The fourth-order valence-electron chi connectivity index (χ4n) is 6.03. The summed E-state index contributed by atoms with van der Waals surface area (Å²) in [6, 6.07) is 39.3. The summed E-state index contributed by atoms with van der Waals surface area (Å²) in [6.07, 6.45) is 1.85. The first-order chi connectivity index (χ1) is 21.8. The van der Waals surface area contributed by atoms with E-state index in [1.807, 2.05) is 18.3 Å². The van der Waals surface area contributed by atoms with Crippen LogP contribution in [0.4, 0.5) is 0 Å². The molecule has 0 saturated carbocycles. The first kappa shape index (κ1) is 25.6. The van der Waals surface area contributed by atoms with Crippen molar-refractivity contribution in [3.05, 3.63) is 137 Å². The third-order valence-corrected chi connectivity index (χ3v) is 10.6. The van der Waals surface area contributed by atoms with Crippen LogP contribution in [0.25, 0.3) is 81.8 Å². The number of thiazole rings is 1. The second kappa shape index (κ2) is 10.4. The number of hydrogen-bond donors (Lipinski definition) is 0. The lowest BCUT2D eigenvalue weighted by atomic mass is 10.0. The molecule has 5 aromatic heterocycles. The Morgan fingerprint density at radius 1 is 0.545 bits per heavy atom. The average Bonchev–Trinajstić information content (AvgIpc) is 3.90. The molecule has 0 spiro atoms. The van der Waals surface area contributed by atoms with Crippen molar-refractivity contribution in [3.63, 3.8) is 0 Å². The molecule has 0 unspecified atom stereocenters. The highest BCUT2D eigenvalue weighted by Crippen LogP contribution is 2.40. The van der Waals surface area contributed by atoms with Crippen molar-refractivity contribution in [2.75, 3.05) is 0 Å². The highest BCUT2D eigenvalue weighted by molar-refractivity contribution is 7.21. The predicted octanol–water partition coefficient (Wildman–Crippen LogP) is 11.6. The third kappa shape index (κ3) is 4.30. The van der Waals surface area contributed by atoms with E-state index in [-0.39, 0.29) is 0 Å². The van der Waals surface area contributed by atoms with Gasteiger partial charge in [-0.2, -0.15) is 22.7 Å². The first-order valence-corrected chi connectivity index (χ1v) is 17.0. The number of hydrogen-bond acceptors (Lipinski definition) is 5. The number of pyridine rings is 1. The maximum Gasteiger partial charge on any atom is 0.124 e. The molecule has 0 fully saturated rings. The topological polar surface area (TPSA) is 30.7 Å². The van der Waals surface area contributed by atoms with E-state index in [1.165, 1.54) is 43.2 Å².